The molecule has 1 aliphatic heterocycles. The van der Waals surface area contributed by atoms with Gasteiger partial charge in [-0.25, -0.2) is 0 Å². The fourth-order valence-electron chi connectivity index (χ4n) is 3.34. The highest BCUT2D eigenvalue weighted by Gasteiger charge is 2.26. The molecule has 0 saturated carbocycles. The van der Waals surface area contributed by atoms with Crippen LogP contribution in [0.1, 0.15) is 22.8 Å². The number of piperazine rings is 1. The van der Waals surface area contributed by atoms with Crippen LogP contribution in [0.3, 0.4) is 0 Å². The Kier molecular flexibility index (Phi) is 6.58. The Morgan fingerprint density at radius 3 is 2.03 bits per heavy atom. The fourth-order valence-corrected chi connectivity index (χ4v) is 3.34. The molecule has 158 valence electrons. The monoisotopic (exact) mass is 414 g/mol. The summed E-state index contributed by atoms with van der Waals surface area (Å²) in [5, 5.41) is 22.1. The summed E-state index contributed by atoms with van der Waals surface area (Å²) in [5.74, 6) is 0.380. The van der Waals surface area contributed by atoms with E-state index in [1.807, 2.05) is 31.2 Å². The first kappa shape index (κ1) is 21.2. The minimum Gasteiger partial charge on any atom is -0.494 e. The zero-order valence-corrected chi connectivity index (χ0v) is 16.5. The van der Waals surface area contributed by atoms with Crippen LogP contribution in [0.4, 0.5) is 11.4 Å². The first-order valence-corrected chi connectivity index (χ1v) is 9.54. The van der Waals surface area contributed by atoms with Gasteiger partial charge in [0.1, 0.15) is 5.75 Å². The van der Waals surface area contributed by atoms with Crippen LogP contribution in [-0.2, 0) is 6.54 Å². The van der Waals surface area contributed by atoms with Gasteiger partial charge in [-0.2, -0.15) is 0 Å². The molecule has 0 aliphatic carbocycles. The van der Waals surface area contributed by atoms with E-state index in [2.05, 4.69) is 4.90 Å². The summed E-state index contributed by atoms with van der Waals surface area (Å²) >= 11 is 0. The van der Waals surface area contributed by atoms with E-state index >= 15 is 0 Å². The number of hydrogen-bond donors (Lipinski definition) is 0. The second-order valence-corrected chi connectivity index (χ2v) is 6.90. The lowest BCUT2D eigenvalue weighted by molar-refractivity contribution is -0.394. The zero-order chi connectivity index (χ0) is 21.7. The van der Waals surface area contributed by atoms with E-state index in [4.69, 9.17) is 4.74 Å². The molecule has 2 aromatic rings. The number of carbonyl (C=O) groups is 1. The Balaban J connectivity index is 1.62. The summed E-state index contributed by atoms with van der Waals surface area (Å²) in [7, 11) is 0. The molecule has 0 radical (unpaired) electrons. The molecule has 1 aliphatic rings. The third-order valence-electron chi connectivity index (χ3n) is 4.87. The average Bonchev–Trinajstić information content (AvgIpc) is 2.75. The molecule has 10 heteroatoms. The van der Waals surface area contributed by atoms with Crippen molar-refractivity contribution in [2.75, 3.05) is 32.8 Å². The van der Waals surface area contributed by atoms with Crippen LogP contribution in [0.2, 0.25) is 0 Å². The molecule has 0 bridgehead atoms. The zero-order valence-electron chi connectivity index (χ0n) is 16.5. The van der Waals surface area contributed by atoms with Gasteiger partial charge in [0, 0.05) is 44.9 Å². The van der Waals surface area contributed by atoms with Crippen LogP contribution in [0, 0.1) is 20.2 Å². The molecule has 3 rings (SSSR count). The quantitative estimate of drug-likeness (QED) is 0.505. The van der Waals surface area contributed by atoms with Crippen LogP contribution >= 0.6 is 0 Å². The molecule has 0 atom stereocenters. The van der Waals surface area contributed by atoms with Crippen LogP contribution in [0.25, 0.3) is 0 Å². The topological polar surface area (TPSA) is 119 Å². The van der Waals surface area contributed by atoms with Crippen LogP contribution < -0.4 is 4.74 Å². The average molecular weight is 414 g/mol. The van der Waals surface area contributed by atoms with Gasteiger partial charge in [-0.1, -0.05) is 12.1 Å². The van der Waals surface area contributed by atoms with Crippen LogP contribution in [0.5, 0.6) is 5.75 Å². The number of benzene rings is 2. The highest BCUT2D eigenvalue weighted by Crippen LogP contribution is 2.24. The molecule has 1 saturated heterocycles. The molecule has 10 nitrogen and oxygen atoms in total. The van der Waals surface area contributed by atoms with E-state index in [0.29, 0.717) is 32.8 Å². The summed E-state index contributed by atoms with van der Waals surface area (Å²) in [6.07, 6.45) is 0. The van der Waals surface area contributed by atoms with Crippen molar-refractivity contribution < 1.29 is 19.4 Å². The molecule has 1 amide bonds. The first-order chi connectivity index (χ1) is 14.4. The van der Waals surface area contributed by atoms with Crippen molar-refractivity contribution >= 4 is 17.3 Å². The van der Waals surface area contributed by atoms with Crippen LogP contribution in [0.15, 0.2) is 42.5 Å². The Morgan fingerprint density at radius 1 is 0.967 bits per heavy atom. The third kappa shape index (κ3) is 5.09. The Hall–Kier alpha value is -3.53. The Labute approximate surface area is 173 Å². The van der Waals surface area contributed by atoms with Crippen molar-refractivity contribution in [2.45, 2.75) is 13.5 Å². The number of carbonyl (C=O) groups excluding carboxylic acids is 1. The summed E-state index contributed by atoms with van der Waals surface area (Å²) < 4.78 is 5.44. The van der Waals surface area contributed by atoms with Crippen molar-refractivity contribution in [1.29, 1.82) is 0 Å². The second kappa shape index (κ2) is 9.31. The maximum absolute atomic E-state index is 12.8. The SMILES string of the molecule is CCOc1ccc(CN2CCN(C(=O)c3cc([N+](=O)[O-])cc([N+](=O)[O-])c3)CC2)cc1. The van der Waals surface area contributed by atoms with Crippen molar-refractivity contribution in [2.24, 2.45) is 0 Å². The summed E-state index contributed by atoms with van der Waals surface area (Å²) in [4.78, 5) is 37.1. The highest BCUT2D eigenvalue weighted by molar-refractivity contribution is 5.95. The van der Waals surface area contributed by atoms with E-state index in [0.717, 1.165) is 36.1 Å². The minimum atomic E-state index is -0.738. The maximum Gasteiger partial charge on any atom is 0.277 e. The molecular weight excluding hydrogens is 392 g/mol. The normalized spacial score (nSPS) is 14.4. The molecule has 1 fully saturated rings. The molecule has 30 heavy (non-hydrogen) atoms. The van der Waals surface area contributed by atoms with E-state index < -0.39 is 27.1 Å². The minimum absolute atomic E-state index is 0.0455. The molecule has 0 N–H and O–H groups in total. The van der Waals surface area contributed by atoms with Gasteiger partial charge in [0.05, 0.1) is 28.1 Å². The number of ether oxygens (including phenoxy) is 1. The van der Waals surface area contributed by atoms with Gasteiger partial charge < -0.3 is 9.64 Å². The number of nitrogens with zero attached hydrogens (tertiary/aromatic N) is 4. The third-order valence-corrected chi connectivity index (χ3v) is 4.87. The lowest BCUT2D eigenvalue weighted by Gasteiger charge is -2.34. The number of hydrogen-bond acceptors (Lipinski definition) is 7. The highest BCUT2D eigenvalue weighted by atomic mass is 16.6. The molecule has 1 heterocycles. The van der Waals surface area contributed by atoms with E-state index in [-0.39, 0.29) is 5.56 Å². The molecule has 0 unspecified atom stereocenters. The summed E-state index contributed by atoms with van der Waals surface area (Å²) in [5.41, 5.74) is 0.145. The maximum atomic E-state index is 12.8. The van der Waals surface area contributed by atoms with E-state index in [1.54, 1.807) is 4.90 Å². The largest absolute Gasteiger partial charge is 0.494 e. The van der Waals surface area contributed by atoms with Gasteiger partial charge in [-0.15, -0.1) is 0 Å². The number of rotatable bonds is 7. The second-order valence-electron chi connectivity index (χ2n) is 6.90. The van der Waals surface area contributed by atoms with Gasteiger partial charge >= 0.3 is 0 Å². The summed E-state index contributed by atoms with van der Waals surface area (Å²) in [6.45, 7) is 5.42. The van der Waals surface area contributed by atoms with E-state index in [1.165, 1.54) is 0 Å². The first-order valence-electron chi connectivity index (χ1n) is 9.54. The predicted octanol–water partition coefficient (Wildman–Crippen LogP) is 2.86. The molecule has 0 aromatic heterocycles. The fraction of sp³-hybridized carbons (Fsp3) is 0.350. The van der Waals surface area contributed by atoms with Gasteiger partial charge in [0.2, 0.25) is 0 Å². The van der Waals surface area contributed by atoms with Gasteiger partial charge in [0.15, 0.2) is 0 Å². The molecule has 0 spiro atoms. The standard InChI is InChI=1S/C20H22N4O6/c1-2-30-19-5-3-15(4-6-19)14-21-7-9-22(10-8-21)20(25)16-11-17(23(26)27)13-18(12-16)24(28)29/h3-6,11-13H,2,7-10,14H2,1H3. The summed E-state index contributed by atoms with van der Waals surface area (Å²) in [6, 6.07) is 10.9. The number of amides is 1. The molecular formula is C20H22N4O6. The smallest absolute Gasteiger partial charge is 0.277 e. The van der Waals surface area contributed by atoms with Crippen molar-refractivity contribution in [3.63, 3.8) is 0 Å². The Morgan fingerprint density at radius 2 is 1.53 bits per heavy atom. The Bertz CT molecular complexity index is 907. The van der Waals surface area contributed by atoms with Crippen LogP contribution in [-0.4, -0.2) is 58.3 Å². The molecule has 2 aromatic carbocycles. The van der Waals surface area contributed by atoms with Crippen molar-refractivity contribution in [3.8, 4) is 5.75 Å². The van der Waals surface area contributed by atoms with Gasteiger partial charge in [0.25, 0.3) is 17.3 Å². The van der Waals surface area contributed by atoms with Gasteiger partial charge in [-0.05, 0) is 24.6 Å². The lowest BCUT2D eigenvalue weighted by atomic mass is 10.1. The number of nitro groups is 2. The van der Waals surface area contributed by atoms with Crippen molar-refractivity contribution in [3.05, 3.63) is 73.8 Å². The van der Waals surface area contributed by atoms with Crippen molar-refractivity contribution in [1.82, 2.24) is 9.80 Å². The lowest BCUT2D eigenvalue weighted by Crippen LogP contribution is -2.48. The number of non-ortho nitro benzene ring substituents is 2. The predicted molar refractivity (Wildman–Crippen MR) is 109 cm³/mol. The van der Waals surface area contributed by atoms with Gasteiger partial charge in [-0.3, -0.25) is 29.9 Å². The number of nitro benzene ring substituents is 2. The van der Waals surface area contributed by atoms with E-state index in [9.17, 15) is 25.0 Å².